The van der Waals surface area contributed by atoms with Crippen LogP contribution in [0.3, 0.4) is 0 Å². The molecular weight excluding hydrogens is 292 g/mol. The van der Waals surface area contributed by atoms with E-state index in [1.54, 1.807) is 0 Å². The summed E-state index contributed by atoms with van der Waals surface area (Å²) in [6, 6.07) is 2.24. The van der Waals surface area contributed by atoms with Gasteiger partial charge in [0.15, 0.2) is 0 Å². The van der Waals surface area contributed by atoms with Crippen molar-refractivity contribution in [3.05, 3.63) is 24.2 Å². The van der Waals surface area contributed by atoms with E-state index in [1.807, 2.05) is 12.5 Å². The molecule has 0 radical (unpaired) electrons. The van der Waals surface area contributed by atoms with Gasteiger partial charge in [0, 0.05) is 0 Å². The number of hydrogen-bond acceptors (Lipinski definition) is 1. The van der Waals surface area contributed by atoms with Crippen LogP contribution < -0.4 is 0 Å². The quantitative estimate of drug-likeness (QED) is 0.553. The molecule has 1 nitrogen and oxygen atoms in total. The second-order valence-corrected chi connectivity index (χ2v) is 10.1. The molecule has 1 aromatic heterocycles. The molecule has 0 spiro atoms. The van der Waals surface area contributed by atoms with Crippen molar-refractivity contribution < 1.29 is 4.42 Å². The Morgan fingerprint density at radius 2 is 1.75 bits per heavy atom. The van der Waals surface area contributed by atoms with Gasteiger partial charge in [-0.2, -0.15) is 0 Å². The lowest BCUT2D eigenvalue weighted by Crippen LogP contribution is -2.52. The molecule has 4 aliphatic rings. The molecule has 24 heavy (non-hydrogen) atoms. The van der Waals surface area contributed by atoms with E-state index in [-0.39, 0.29) is 0 Å². The Morgan fingerprint density at radius 1 is 0.875 bits per heavy atom. The zero-order chi connectivity index (χ0) is 16.4. The summed E-state index contributed by atoms with van der Waals surface area (Å²) in [6.07, 6.45) is 18.8. The Morgan fingerprint density at radius 3 is 2.58 bits per heavy atom. The van der Waals surface area contributed by atoms with Crippen molar-refractivity contribution in [1.29, 1.82) is 0 Å². The minimum Gasteiger partial charge on any atom is -0.472 e. The van der Waals surface area contributed by atoms with Gasteiger partial charge in [-0.1, -0.05) is 26.7 Å². The van der Waals surface area contributed by atoms with E-state index in [2.05, 4.69) is 19.9 Å². The summed E-state index contributed by atoms with van der Waals surface area (Å²) in [4.78, 5) is 0. The van der Waals surface area contributed by atoms with Crippen molar-refractivity contribution in [3.8, 4) is 0 Å². The monoisotopic (exact) mass is 326 g/mol. The standard InChI is InChI=1S/C23H34O/c1-22-12-4-3-5-17(22)6-7-18-20-9-8-19(16-11-14-24-15-16)23(20,2)13-10-21(18)22/h11,14-15,17-21H,3-10,12-13H2,1-2H3/t17-,18-,19?,20+,21-,22-,23+/m0/s1. The highest BCUT2D eigenvalue weighted by Gasteiger charge is 2.59. The number of rotatable bonds is 1. The summed E-state index contributed by atoms with van der Waals surface area (Å²) in [5, 5.41) is 0. The largest absolute Gasteiger partial charge is 0.472 e. The number of furan rings is 1. The van der Waals surface area contributed by atoms with Crippen LogP contribution in [-0.4, -0.2) is 0 Å². The third-order valence-electron chi connectivity index (χ3n) is 9.53. The molecule has 0 bridgehead atoms. The molecular formula is C23H34O. The van der Waals surface area contributed by atoms with Crippen LogP contribution in [0.4, 0.5) is 0 Å². The molecule has 4 saturated carbocycles. The van der Waals surface area contributed by atoms with E-state index in [4.69, 9.17) is 4.42 Å². The summed E-state index contributed by atoms with van der Waals surface area (Å²) in [5.74, 6) is 4.80. The average Bonchev–Trinajstić information content (AvgIpc) is 3.20. The second-order valence-electron chi connectivity index (χ2n) is 10.1. The Labute approximate surface area is 147 Å². The third-order valence-corrected chi connectivity index (χ3v) is 9.53. The van der Waals surface area contributed by atoms with Crippen LogP contribution in [0.1, 0.15) is 89.5 Å². The van der Waals surface area contributed by atoms with Crippen molar-refractivity contribution in [2.75, 3.05) is 0 Å². The topological polar surface area (TPSA) is 13.1 Å². The van der Waals surface area contributed by atoms with Gasteiger partial charge < -0.3 is 4.42 Å². The van der Waals surface area contributed by atoms with E-state index in [0.717, 1.165) is 29.6 Å². The lowest BCUT2D eigenvalue weighted by molar-refractivity contribution is -0.105. The lowest BCUT2D eigenvalue weighted by Gasteiger charge is -2.60. The predicted octanol–water partition coefficient (Wildman–Crippen LogP) is 6.80. The van der Waals surface area contributed by atoms with Gasteiger partial charge in [-0.05, 0) is 103 Å². The van der Waals surface area contributed by atoms with Crippen LogP contribution in [-0.2, 0) is 0 Å². The first kappa shape index (κ1) is 15.5. The van der Waals surface area contributed by atoms with Gasteiger partial charge in [0.05, 0.1) is 12.5 Å². The Bertz CT molecular complexity index is 589. The van der Waals surface area contributed by atoms with Crippen LogP contribution >= 0.6 is 0 Å². The van der Waals surface area contributed by atoms with Gasteiger partial charge in [-0.3, -0.25) is 0 Å². The van der Waals surface area contributed by atoms with Crippen molar-refractivity contribution in [2.45, 2.75) is 84.0 Å². The summed E-state index contributed by atoms with van der Waals surface area (Å²) in [7, 11) is 0. The average molecular weight is 327 g/mol. The Balaban J connectivity index is 1.45. The summed E-state index contributed by atoms with van der Waals surface area (Å²) >= 11 is 0. The Hall–Kier alpha value is -0.720. The molecule has 5 rings (SSSR count). The van der Waals surface area contributed by atoms with E-state index in [0.29, 0.717) is 10.8 Å². The number of hydrogen-bond donors (Lipinski definition) is 0. The van der Waals surface area contributed by atoms with Crippen LogP contribution in [0, 0.1) is 34.5 Å². The highest BCUT2D eigenvalue weighted by molar-refractivity contribution is 5.22. The molecule has 0 saturated heterocycles. The predicted molar refractivity (Wildman–Crippen MR) is 97.8 cm³/mol. The van der Waals surface area contributed by atoms with E-state index < -0.39 is 0 Å². The van der Waals surface area contributed by atoms with Crippen molar-refractivity contribution in [1.82, 2.24) is 0 Å². The highest BCUT2D eigenvalue weighted by Crippen LogP contribution is 2.68. The van der Waals surface area contributed by atoms with E-state index >= 15 is 0 Å². The van der Waals surface area contributed by atoms with Crippen LogP contribution in [0.5, 0.6) is 0 Å². The smallest absolute Gasteiger partial charge is 0.0937 e. The fourth-order valence-corrected chi connectivity index (χ4v) is 8.32. The van der Waals surface area contributed by atoms with Crippen LogP contribution in [0.15, 0.2) is 23.0 Å². The maximum Gasteiger partial charge on any atom is 0.0937 e. The third kappa shape index (κ3) is 1.99. The first-order chi connectivity index (χ1) is 11.6. The first-order valence-corrected chi connectivity index (χ1v) is 10.6. The molecule has 0 aliphatic heterocycles. The number of fused-ring (bicyclic) bond motifs is 5. The van der Waals surface area contributed by atoms with Crippen LogP contribution in [0.2, 0.25) is 0 Å². The summed E-state index contributed by atoms with van der Waals surface area (Å²) in [5.41, 5.74) is 2.69. The maximum absolute atomic E-state index is 5.44. The minimum absolute atomic E-state index is 0.531. The summed E-state index contributed by atoms with van der Waals surface area (Å²) < 4.78 is 5.44. The van der Waals surface area contributed by atoms with Gasteiger partial charge >= 0.3 is 0 Å². The van der Waals surface area contributed by atoms with E-state index in [1.165, 1.54) is 69.8 Å². The lowest BCUT2D eigenvalue weighted by atomic mass is 9.45. The molecule has 0 aromatic carbocycles. The molecule has 1 heteroatoms. The van der Waals surface area contributed by atoms with Gasteiger partial charge in [-0.15, -0.1) is 0 Å². The van der Waals surface area contributed by atoms with Gasteiger partial charge in [0.25, 0.3) is 0 Å². The fraction of sp³-hybridized carbons (Fsp3) is 0.826. The normalized spacial score (nSPS) is 50.8. The molecule has 7 atom stereocenters. The zero-order valence-corrected chi connectivity index (χ0v) is 15.6. The van der Waals surface area contributed by atoms with Crippen molar-refractivity contribution in [3.63, 3.8) is 0 Å². The van der Waals surface area contributed by atoms with Crippen LogP contribution in [0.25, 0.3) is 0 Å². The van der Waals surface area contributed by atoms with Crippen molar-refractivity contribution in [2.24, 2.45) is 34.5 Å². The molecule has 1 heterocycles. The van der Waals surface area contributed by atoms with Gasteiger partial charge in [-0.25, -0.2) is 0 Å². The summed E-state index contributed by atoms with van der Waals surface area (Å²) in [6.45, 7) is 5.33. The molecule has 1 aromatic rings. The maximum atomic E-state index is 5.44. The van der Waals surface area contributed by atoms with Crippen molar-refractivity contribution >= 4 is 0 Å². The minimum atomic E-state index is 0.531. The van der Waals surface area contributed by atoms with E-state index in [9.17, 15) is 0 Å². The molecule has 132 valence electrons. The molecule has 1 unspecified atom stereocenters. The fourth-order valence-electron chi connectivity index (χ4n) is 8.32. The molecule has 0 amide bonds. The molecule has 4 fully saturated rings. The highest BCUT2D eigenvalue weighted by atomic mass is 16.3. The second kappa shape index (κ2) is 5.39. The Kier molecular flexibility index (Phi) is 3.48. The SMILES string of the molecule is C[C@]12CCCC[C@H]1CC[C@H]1[C@H]3CCC(c4ccoc4)[C@@]3(C)CC[C@@H]12. The van der Waals surface area contributed by atoms with Gasteiger partial charge in [0.2, 0.25) is 0 Å². The first-order valence-electron chi connectivity index (χ1n) is 10.6. The van der Waals surface area contributed by atoms with Gasteiger partial charge in [0.1, 0.15) is 0 Å². The molecule has 4 aliphatic carbocycles. The molecule has 0 N–H and O–H groups in total. The zero-order valence-electron chi connectivity index (χ0n) is 15.6.